The summed E-state index contributed by atoms with van der Waals surface area (Å²) >= 11 is 0. The van der Waals surface area contributed by atoms with Crippen molar-refractivity contribution in [3.8, 4) is 16.9 Å². The zero-order chi connectivity index (χ0) is 17.6. The van der Waals surface area contributed by atoms with Gasteiger partial charge in [-0.05, 0) is 41.5 Å². The van der Waals surface area contributed by atoms with Crippen LogP contribution in [-0.4, -0.2) is 11.9 Å². The maximum atomic E-state index is 12.6. The Morgan fingerprint density at radius 3 is 2.12 bits per heavy atom. The number of ether oxygens (including phenoxy) is 1. The zero-order valence-corrected chi connectivity index (χ0v) is 13.7. The predicted molar refractivity (Wildman–Crippen MR) is 97.6 cm³/mol. The lowest BCUT2D eigenvalue weighted by Gasteiger charge is -2.10. The molecule has 4 nitrogen and oxygen atoms in total. The highest BCUT2D eigenvalue weighted by Crippen LogP contribution is 2.25. The quantitative estimate of drug-likeness (QED) is 0.564. The molecule has 0 heterocycles. The molecular formula is C21H17NO3. The molecule has 3 aromatic carbocycles. The Balaban J connectivity index is 1.81. The molecule has 4 heteroatoms. The first-order chi connectivity index (χ1) is 12.1. The van der Waals surface area contributed by atoms with E-state index in [4.69, 9.17) is 4.74 Å². The van der Waals surface area contributed by atoms with Crippen LogP contribution < -0.4 is 10.1 Å². The van der Waals surface area contributed by atoms with Crippen LogP contribution in [0.5, 0.6) is 5.75 Å². The van der Waals surface area contributed by atoms with E-state index in [0.717, 1.165) is 11.1 Å². The third-order valence-corrected chi connectivity index (χ3v) is 3.62. The van der Waals surface area contributed by atoms with E-state index in [-0.39, 0.29) is 5.91 Å². The van der Waals surface area contributed by atoms with Crippen LogP contribution in [0.15, 0.2) is 78.9 Å². The monoisotopic (exact) mass is 331 g/mol. The van der Waals surface area contributed by atoms with Gasteiger partial charge >= 0.3 is 5.97 Å². The van der Waals surface area contributed by atoms with Crippen molar-refractivity contribution < 1.29 is 14.3 Å². The number of carbonyl (C=O) groups excluding carboxylic acids is 2. The van der Waals surface area contributed by atoms with Gasteiger partial charge in [-0.1, -0.05) is 48.5 Å². The van der Waals surface area contributed by atoms with Crippen molar-refractivity contribution in [1.29, 1.82) is 0 Å². The van der Waals surface area contributed by atoms with E-state index in [2.05, 4.69) is 5.32 Å². The summed E-state index contributed by atoms with van der Waals surface area (Å²) in [6, 6.07) is 23.7. The van der Waals surface area contributed by atoms with Gasteiger partial charge in [-0.25, -0.2) is 4.79 Å². The second kappa shape index (κ2) is 7.45. The predicted octanol–water partition coefficient (Wildman–Crippen LogP) is 4.53. The molecule has 124 valence electrons. The Kier molecular flexibility index (Phi) is 4.90. The summed E-state index contributed by atoms with van der Waals surface area (Å²) in [6.07, 6.45) is 0. The molecule has 0 fully saturated rings. The van der Waals surface area contributed by atoms with E-state index in [9.17, 15) is 9.59 Å². The SMILES string of the molecule is CC(=O)Nc1ccc(OC(=O)c2ccccc2-c2ccccc2)cc1. The second-order valence-electron chi connectivity index (χ2n) is 5.51. The fourth-order valence-corrected chi connectivity index (χ4v) is 2.50. The lowest BCUT2D eigenvalue weighted by molar-refractivity contribution is -0.114. The fraction of sp³-hybridized carbons (Fsp3) is 0.0476. The Morgan fingerprint density at radius 2 is 1.44 bits per heavy atom. The highest BCUT2D eigenvalue weighted by atomic mass is 16.5. The molecule has 0 unspecified atom stereocenters. The highest BCUT2D eigenvalue weighted by molar-refractivity contribution is 5.98. The lowest BCUT2D eigenvalue weighted by atomic mass is 10.00. The normalized spacial score (nSPS) is 10.1. The van der Waals surface area contributed by atoms with E-state index in [1.54, 1.807) is 30.3 Å². The maximum absolute atomic E-state index is 12.6. The Morgan fingerprint density at radius 1 is 0.800 bits per heavy atom. The third kappa shape index (κ3) is 4.12. The number of nitrogens with one attached hydrogen (secondary N) is 1. The van der Waals surface area contributed by atoms with Crippen LogP contribution in [0.2, 0.25) is 0 Å². The van der Waals surface area contributed by atoms with Crippen molar-refractivity contribution in [2.45, 2.75) is 6.92 Å². The molecule has 1 amide bonds. The van der Waals surface area contributed by atoms with Crippen LogP contribution >= 0.6 is 0 Å². The van der Waals surface area contributed by atoms with Gasteiger partial charge in [0.05, 0.1) is 5.56 Å². The topological polar surface area (TPSA) is 55.4 Å². The maximum Gasteiger partial charge on any atom is 0.344 e. The first-order valence-corrected chi connectivity index (χ1v) is 7.88. The first-order valence-electron chi connectivity index (χ1n) is 7.88. The molecular weight excluding hydrogens is 314 g/mol. The average molecular weight is 331 g/mol. The van der Waals surface area contributed by atoms with Crippen molar-refractivity contribution in [3.63, 3.8) is 0 Å². The van der Waals surface area contributed by atoms with Crippen LogP contribution in [0.25, 0.3) is 11.1 Å². The minimum Gasteiger partial charge on any atom is -0.423 e. The number of amides is 1. The molecule has 0 saturated carbocycles. The van der Waals surface area contributed by atoms with Crippen LogP contribution in [0.4, 0.5) is 5.69 Å². The second-order valence-corrected chi connectivity index (χ2v) is 5.51. The number of anilines is 1. The summed E-state index contributed by atoms with van der Waals surface area (Å²) in [7, 11) is 0. The Bertz CT molecular complexity index is 887. The lowest BCUT2D eigenvalue weighted by Crippen LogP contribution is -2.10. The number of benzene rings is 3. The van der Waals surface area contributed by atoms with Gasteiger partial charge in [0.15, 0.2) is 0 Å². The van der Waals surface area contributed by atoms with Gasteiger partial charge in [-0.3, -0.25) is 4.79 Å². The molecule has 0 aromatic heterocycles. The van der Waals surface area contributed by atoms with E-state index >= 15 is 0 Å². The molecule has 25 heavy (non-hydrogen) atoms. The Hall–Kier alpha value is -3.40. The van der Waals surface area contributed by atoms with Crippen molar-refractivity contribution in [2.75, 3.05) is 5.32 Å². The van der Waals surface area contributed by atoms with Crippen LogP contribution in [0.3, 0.4) is 0 Å². The first kappa shape index (κ1) is 16.5. The minimum atomic E-state index is -0.424. The van der Waals surface area contributed by atoms with Gasteiger partial charge in [-0.15, -0.1) is 0 Å². The van der Waals surface area contributed by atoms with Gasteiger partial charge in [0, 0.05) is 12.6 Å². The number of esters is 1. The summed E-state index contributed by atoms with van der Waals surface area (Å²) < 4.78 is 5.47. The molecule has 0 spiro atoms. The molecule has 0 aliphatic rings. The molecule has 0 aliphatic carbocycles. The number of hydrogen-bond donors (Lipinski definition) is 1. The molecule has 0 radical (unpaired) electrons. The van der Waals surface area contributed by atoms with Gasteiger partial charge < -0.3 is 10.1 Å². The summed E-state index contributed by atoms with van der Waals surface area (Å²) in [6.45, 7) is 1.44. The van der Waals surface area contributed by atoms with Gasteiger partial charge in [-0.2, -0.15) is 0 Å². The van der Waals surface area contributed by atoms with E-state index in [0.29, 0.717) is 17.0 Å². The molecule has 1 N–H and O–H groups in total. The molecule has 0 atom stereocenters. The zero-order valence-electron chi connectivity index (χ0n) is 13.7. The largest absolute Gasteiger partial charge is 0.423 e. The van der Waals surface area contributed by atoms with Crippen LogP contribution in [-0.2, 0) is 4.79 Å². The van der Waals surface area contributed by atoms with E-state index in [1.165, 1.54) is 6.92 Å². The number of carbonyl (C=O) groups is 2. The van der Waals surface area contributed by atoms with Gasteiger partial charge in [0.1, 0.15) is 5.75 Å². The molecule has 0 bridgehead atoms. The highest BCUT2D eigenvalue weighted by Gasteiger charge is 2.14. The average Bonchev–Trinajstić information content (AvgIpc) is 2.63. The van der Waals surface area contributed by atoms with E-state index in [1.807, 2.05) is 48.5 Å². The van der Waals surface area contributed by atoms with E-state index < -0.39 is 5.97 Å². The van der Waals surface area contributed by atoms with Crippen LogP contribution in [0.1, 0.15) is 17.3 Å². The van der Waals surface area contributed by atoms with Crippen molar-refractivity contribution in [3.05, 3.63) is 84.4 Å². The minimum absolute atomic E-state index is 0.151. The summed E-state index contributed by atoms with van der Waals surface area (Å²) in [5.74, 6) is -0.157. The summed E-state index contributed by atoms with van der Waals surface area (Å²) in [5, 5.41) is 2.67. The van der Waals surface area contributed by atoms with Crippen LogP contribution in [0, 0.1) is 0 Å². The number of hydrogen-bond acceptors (Lipinski definition) is 3. The van der Waals surface area contributed by atoms with Crippen molar-refractivity contribution >= 4 is 17.6 Å². The van der Waals surface area contributed by atoms with Gasteiger partial charge in [0.25, 0.3) is 0 Å². The van der Waals surface area contributed by atoms with Crippen molar-refractivity contribution in [1.82, 2.24) is 0 Å². The third-order valence-electron chi connectivity index (χ3n) is 3.62. The van der Waals surface area contributed by atoms with Gasteiger partial charge in [0.2, 0.25) is 5.91 Å². The molecule has 0 saturated heterocycles. The standard InChI is InChI=1S/C21H17NO3/c1-15(23)22-17-11-13-18(14-12-17)25-21(24)20-10-6-5-9-19(20)16-7-3-2-4-8-16/h2-14H,1H3,(H,22,23). The Labute approximate surface area is 146 Å². The molecule has 3 rings (SSSR count). The molecule has 3 aromatic rings. The summed E-state index contributed by atoms with van der Waals surface area (Å²) in [4.78, 5) is 23.6. The van der Waals surface area contributed by atoms with Crippen molar-refractivity contribution in [2.24, 2.45) is 0 Å². The number of rotatable bonds is 4. The smallest absolute Gasteiger partial charge is 0.344 e. The molecule has 0 aliphatic heterocycles. The fourth-order valence-electron chi connectivity index (χ4n) is 2.50. The summed E-state index contributed by atoms with van der Waals surface area (Å²) in [5.41, 5.74) is 2.93.